The third kappa shape index (κ3) is 8.68. The number of carbonyl (C=O) groups is 2. The van der Waals surface area contributed by atoms with E-state index in [9.17, 15) is 9.59 Å². The minimum Gasteiger partial charge on any atom is -0.480 e. The molecule has 1 fully saturated rings. The predicted octanol–water partition coefficient (Wildman–Crippen LogP) is -0.891. The zero-order chi connectivity index (χ0) is 14.6. The molecule has 1 heterocycles. The highest BCUT2D eigenvalue weighted by Gasteiger charge is 2.09. The summed E-state index contributed by atoms with van der Waals surface area (Å²) in [6, 6.07) is -0.258. The van der Waals surface area contributed by atoms with Gasteiger partial charge in [0, 0.05) is 26.2 Å². The van der Waals surface area contributed by atoms with Gasteiger partial charge in [0.25, 0.3) is 0 Å². The summed E-state index contributed by atoms with van der Waals surface area (Å²) in [6.07, 6.45) is 0.892. The summed E-state index contributed by atoms with van der Waals surface area (Å²) in [7, 11) is 0. The maximum absolute atomic E-state index is 11.4. The van der Waals surface area contributed by atoms with E-state index >= 15 is 0 Å². The molecule has 1 rings (SSSR count). The second-order valence-electron chi connectivity index (χ2n) is 4.44. The molecule has 0 bridgehead atoms. The van der Waals surface area contributed by atoms with Crippen molar-refractivity contribution in [1.29, 1.82) is 0 Å². The van der Waals surface area contributed by atoms with Crippen LogP contribution in [-0.2, 0) is 14.3 Å². The number of rotatable bonds is 9. The van der Waals surface area contributed by atoms with Crippen molar-refractivity contribution in [2.45, 2.75) is 6.42 Å². The molecule has 1 aliphatic rings. The maximum atomic E-state index is 11.4. The zero-order valence-corrected chi connectivity index (χ0v) is 11.6. The first-order chi connectivity index (χ1) is 9.68. The lowest BCUT2D eigenvalue weighted by Gasteiger charge is -2.26. The molecule has 0 aliphatic carbocycles. The Balaban J connectivity index is 1.88. The van der Waals surface area contributed by atoms with Crippen LogP contribution in [0.2, 0.25) is 0 Å². The summed E-state index contributed by atoms with van der Waals surface area (Å²) in [5, 5.41) is 13.7. The van der Waals surface area contributed by atoms with Crippen LogP contribution in [-0.4, -0.2) is 81.2 Å². The van der Waals surface area contributed by atoms with Crippen LogP contribution in [0.3, 0.4) is 0 Å². The maximum Gasteiger partial charge on any atom is 0.329 e. The van der Waals surface area contributed by atoms with Crippen molar-refractivity contribution in [3.8, 4) is 0 Å². The Labute approximate surface area is 118 Å². The summed E-state index contributed by atoms with van der Waals surface area (Å²) >= 11 is 0. The van der Waals surface area contributed by atoms with Gasteiger partial charge in [-0.05, 0) is 13.0 Å². The van der Waals surface area contributed by atoms with Gasteiger partial charge in [-0.1, -0.05) is 0 Å². The van der Waals surface area contributed by atoms with E-state index in [-0.39, 0.29) is 19.2 Å². The van der Waals surface area contributed by atoms with Crippen molar-refractivity contribution >= 4 is 12.0 Å². The molecule has 1 aliphatic heterocycles. The van der Waals surface area contributed by atoms with Crippen molar-refractivity contribution in [3.05, 3.63) is 0 Å². The van der Waals surface area contributed by atoms with Gasteiger partial charge >= 0.3 is 12.0 Å². The lowest BCUT2D eigenvalue weighted by Crippen LogP contribution is -2.40. The van der Waals surface area contributed by atoms with E-state index in [4.69, 9.17) is 14.6 Å². The number of nitrogens with one attached hydrogen (secondary N) is 2. The first-order valence-electron chi connectivity index (χ1n) is 6.80. The molecule has 2 amide bonds. The third-order valence-corrected chi connectivity index (χ3v) is 2.80. The second-order valence-corrected chi connectivity index (χ2v) is 4.44. The number of amides is 2. The Morgan fingerprint density at radius 3 is 2.60 bits per heavy atom. The van der Waals surface area contributed by atoms with Crippen LogP contribution in [0.25, 0.3) is 0 Å². The van der Waals surface area contributed by atoms with Crippen LogP contribution in [0.15, 0.2) is 0 Å². The quantitative estimate of drug-likeness (QED) is 0.476. The van der Waals surface area contributed by atoms with Crippen molar-refractivity contribution in [2.75, 3.05) is 59.2 Å². The van der Waals surface area contributed by atoms with E-state index in [0.29, 0.717) is 13.1 Å². The van der Waals surface area contributed by atoms with Gasteiger partial charge < -0.3 is 25.2 Å². The van der Waals surface area contributed by atoms with E-state index in [1.54, 1.807) is 0 Å². The molecule has 8 heteroatoms. The summed E-state index contributed by atoms with van der Waals surface area (Å²) in [4.78, 5) is 23.8. The van der Waals surface area contributed by atoms with Crippen molar-refractivity contribution < 1.29 is 24.2 Å². The number of carbonyl (C=O) groups excluding carboxylic acids is 1. The predicted molar refractivity (Wildman–Crippen MR) is 71.7 cm³/mol. The molecule has 20 heavy (non-hydrogen) atoms. The number of aliphatic carboxylic acids is 1. The number of carboxylic acid groups (broad SMARTS) is 1. The van der Waals surface area contributed by atoms with Crippen LogP contribution in [0.4, 0.5) is 4.79 Å². The summed E-state index contributed by atoms with van der Waals surface area (Å²) in [6.45, 7) is 5.16. The Morgan fingerprint density at radius 1 is 1.20 bits per heavy atom. The molecule has 3 N–H and O–H groups in total. The second kappa shape index (κ2) is 10.4. The van der Waals surface area contributed by atoms with Crippen LogP contribution in [0.5, 0.6) is 0 Å². The number of hydrogen-bond acceptors (Lipinski definition) is 5. The van der Waals surface area contributed by atoms with E-state index in [1.807, 2.05) is 0 Å². The molecular formula is C12H23N3O5. The molecule has 0 atom stereocenters. The minimum atomic E-state index is -1.02. The van der Waals surface area contributed by atoms with Gasteiger partial charge in [0.05, 0.1) is 19.8 Å². The van der Waals surface area contributed by atoms with Gasteiger partial charge in [0.15, 0.2) is 0 Å². The number of urea groups is 1. The SMILES string of the molecule is O=C(O)COCCNC(=O)NCCCN1CCOCC1. The van der Waals surface area contributed by atoms with Crippen molar-refractivity contribution in [1.82, 2.24) is 15.5 Å². The average molecular weight is 289 g/mol. The molecule has 8 nitrogen and oxygen atoms in total. The fourth-order valence-corrected chi connectivity index (χ4v) is 1.79. The number of nitrogens with zero attached hydrogens (tertiary/aromatic N) is 1. The third-order valence-electron chi connectivity index (χ3n) is 2.80. The minimum absolute atomic E-state index is 0.188. The highest BCUT2D eigenvalue weighted by Crippen LogP contribution is 1.97. The van der Waals surface area contributed by atoms with E-state index in [2.05, 4.69) is 15.5 Å². The smallest absolute Gasteiger partial charge is 0.329 e. The van der Waals surface area contributed by atoms with Crippen LogP contribution >= 0.6 is 0 Å². The Bertz CT molecular complexity index is 295. The van der Waals surface area contributed by atoms with E-state index < -0.39 is 5.97 Å². The summed E-state index contributed by atoms with van der Waals surface area (Å²) in [5.74, 6) is -1.02. The normalized spacial score (nSPS) is 15.8. The monoisotopic (exact) mass is 289 g/mol. The molecular weight excluding hydrogens is 266 g/mol. The molecule has 0 unspecified atom stereocenters. The Morgan fingerprint density at radius 2 is 1.90 bits per heavy atom. The highest BCUT2D eigenvalue weighted by atomic mass is 16.5. The van der Waals surface area contributed by atoms with Crippen LogP contribution < -0.4 is 10.6 Å². The number of carboxylic acids is 1. The number of hydrogen-bond donors (Lipinski definition) is 3. The fourth-order valence-electron chi connectivity index (χ4n) is 1.79. The Kier molecular flexibility index (Phi) is 8.68. The van der Waals surface area contributed by atoms with Gasteiger partial charge in [0.2, 0.25) is 0 Å². The summed E-state index contributed by atoms with van der Waals surface area (Å²) in [5.41, 5.74) is 0. The van der Waals surface area contributed by atoms with Crippen LogP contribution in [0.1, 0.15) is 6.42 Å². The van der Waals surface area contributed by atoms with E-state index in [1.165, 1.54) is 0 Å². The topological polar surface area (TPSA) is 100 Å². The lowest BCUT2D eigenvalue weighted by atomic mass is 10.3. The summed E-state index contributed by atoms with van der Waals surface area (Å²) < 4.78 is 10.0. The largest absolute Gasteiger partial charge is 0.480 e. The molecule has 0 aromatic heterocycles. The van der Waals surface area contributed by atoms with Gasteiger partial charge in [-0.15, -0.1) is 0 Å². The standard InChI is InChI=1S/C12H23N3O5/c16-11(17)10-20-7-3-14-12(18)13-2-1-4-15-5-8-19-9-6-15/h1-10H2,(H,16,17)(H2,13,14,18). The first-order valence-corrected chi connectivity index (χ1v) is 6.80. The molecule has 0 saturated carbocycles. The molecule has 0 aromatic carbocycles. The highest BCUT2D eigenvalue weighted by molar-refractivity contribution is 5.73. The average Bonchev–Trinajstić information content (AvgIpc) is 2.44. The zero-order valence-electron chi connectivity index (χ0n) is 11.6. The van der Waals surface area contributed by atoms with Gasteiger partial charge in [-0.2, -0.15) is 0 Å². The van der Waals surface area contributed by atoms with Crippen LogP contribution in [0, 0.1) is 0 Å². The molecule has 0 spiro atoms. The number of ether oxygens (including phenoxy) is 2. The van der Waals surface area contributed by atoms with Crippen molar-refractivity contribution in [3.63, 3.8) is 0 Å². The van der Waals surface area contributed by atoms with Crippen molar-refractivity contribution in [2.24, 2.45) is 0 Å². The number of morpholine rings is 1. The first kappa shape index (κ1) is 16.7. The van der Waals surface area contributed by atoms with Gasteiger partial charge in [0.1, 0.15) is 6.61 Å². The Hall–Kier alpha value is -1.38. The van der Waals surface area contributed by atoms with E-state index in [0.717, 1.165) is 39.3 Å². The molecule has 0 aromatic rings. The molecule has 1 saturated heterocycles. The van der Waals surface area contributed by atoms with Gasteiger partial charge in [-0.3, -0.25) is 4.90 Å². The fraction of sp³-hybridized carbons (Fsp3) is 0.833. The molecule has 0 radical (unpaired) electrons. The van der Waals surface area contributed by atoms with Gasteiger partial charge in [-0.25, -0.2) is 9.59 Å². The molecule has 116 valence electrons. The lowest BCUT2D eigenvalue weighted by molar-refractivity contribution is -0.142.